The van der Waals surface area contributed by atoms with Gasteiger partial charge in [-0.1, -0.05) is 0 Å². The van der Waals surface area contributed by atoms with E-state index < -0.39 is 10.0 Å². The average Bonchev–Trinajstić information content (AvgIpc) is 3.26. The van der Waals surface area contributed by atoms with Gasteiger partial charge in [-0.05, 0) is 31.4 Å². The van der Waals surface area contributed by atoms with Crippen molar-refractivity contribution >= 4 is 16.0 Å². The smallest absolute Gasteiger partial charge is 0.227 e. The van der Waals surface area contributed by atoms with E-state index in [2.05, 4.69) is 15.1 Å². The maximum Gasteiger partial charge on any atom is 0.227 e. The summed E-state index contributed by atoms with van der Waals surface area (Å²) in [5.41, 5.74) is 1.01. The van der Waals surface area contributed by atoms with Crippen LogP contribution in [0, 0.1) is 0 Å². The molecule has 2 fully saturated rings. The summed E-state index contributed by atoms with van der Waals surface area (Å²) >= 11 is 0. The second kappa shape index (κ2) is 6.14. The van der Waals surface area contributed by atoms with E-state index in [1.165, 1.54) is 0 Å². The molecule has 136 valence electrons. The third-order valence-electron chi connectivity index (χ3n) is 5.25. The molecule has 0 amide bonds. The number of aryl methyl sites for hydroxylation is 1. The van der Waals surface area contributed by atoms with Crippen molar-refractivity contribution in [3.05, 3.63) is 18.3 Å². The first-order chi connectivity index (χ1) is 12.0. The van der Waals surface area contributed by atoms with Gasteiger partial charge in [-0.2, -0.15) is 4.31 Å². The van der Waals surface area contributed by atoms with E-state index >= 15 is 0 Å². The van der Waals surface area contributed by atoms with E-state index in [4.69, 9.17) is 0 Å². The molecule has 2 aromatic rings. The van der Waals surface area contributed by atoms with Crippen LogP contribution in [0.1, 0.15) is 19.3 Å². The lowest BCUT2D eigenvalue weighted by Crippen LogP contribution is -2.49. The van der Waals surface area contributed by atoms with Gasteiger partial charge in [0.05, 0.1) is 11.4 Å². The second-order valence-corrected chi connectivity index (χ2v) is 8.95. The van der Waals surface area contributed by atoms with Crippen LogP contribution in [0.5, 0.6) is 0 Å². The Kier molecular flexibility index (Phi) is 4.07. The molecular weight excluding hydrogens is 340 g/mol. The number of hydrogen-bond acceptors (Lipinski definition) is 5. The maximum absolute atomic E-state index is 12.2. The van der Waals surface area contributed by atoms with Gasteiger partial charge >= 0.3 is 0 Å². The molecule has 4 heterocycles. The predicted octanol–water partition coefficient (Wildman–Crippen LogP) is 0.825. The zero-order valence-electron chi connectivity index (χ0n) is 14.7. The van der Waals surface area contributed by atoms with Crippen LogP contribution in [0.25, 0.3) is 11.5 Å². The predicted molar refractivity (Wildman–Crippen MR) is 95.8 cm³/mol. The number of anilines is 1. The van der Waals surface area contributed by atoms with E-state index in [9.17, 15) is 8.42 Å². The molecule has 9 heteroatoms. The number of aromatic nitrogens is 4. The van der Waals surface area contributed by atoms with Gasteiger partial charge in [0.25, 0.3) is 0 Å². The monoisotopic (exact) mass is 364 g/mol. The fourth-order valence-corrected chi connectivity index (χ4v) is 5.72. The zero-order chi connectivity index (χ0) is 17.6. The molecule has 25 heavy (non-hydrogen) atoms. The molecule has 2 aromatic heterocycles. The van der Waals surface area contributed by atoms with Crippen molar-refractivity contribution in [3.63, 3.8) is 0 Å². The topological polar surface area (TPSA) is 76.3 Å². The Bertz CT molecular complexity index is 871. The van der Waals surface area contributed by atoms with Gasteiger partial charge in [-0.15, -0.1) is 10.2 Å². The average molecular weight is 364 g/mol. The molecule has 0 radical (unpaired) electrons. The normalized spacial score (nSPS) is 24.1. The Morgan fingerprint density at radius 1 is 1.16 bits per heavy atom. The Morgan fingerprint density at radius 3 is 2.68 bits per heavy atom. The standard InChI is InChI=1S/C16H24N6O2S/c1-19-8-4-7-14(19)15-17-18-16(20(15)2)21-9-3-6-13(12-21)22-10-5-11-25(22,23)24/h4,7-8,13H,3,5-6,9-12H2,1-2H3. The number of rotatable bonds is 3. The van der Waals surface area contributed by atoms with Gasteiger partial charge in [0.15, 0.2) is 5.82 Å². The quantitative estimate of drug-likeness (QED) is 0.806. The van der Waals surface area contributed by atoms with Crippen LogP contribution in [0.15, 0.2) is 18.3 Å². The van der Waals surface area contributed by atoms with Gasteiger partial charge in [0, 0.05) is 46.0 Å². The molecule has 0 saturated carbocycles. The lowest BCUT2D eigenvalue weighted by atomic mass is 10.1. The molecule has 2 aliphatic rings. The van der Waals surface area contributed by atoms with Gasteiger partial charge in [-0.25, -0.2) is 8.42 Å². The molecule has 8 nitrogen and oxygen atoms in total. The summed E-state index contributed by atoms with van der Waals surface area (Å²) in [6, 6.07) is 4.04. The minimum atomic E-state index is -3.08. The third-order valence-corrected chi connectivity index (χ3v) is 7.25. The first kappa shape index (κ1) is 16.6. The van der Waals surface area contributed by atoms with Crippen LogP contribution in [0.4, 0.5) is 5.95 Å². The van der Waals surface area contributed by atoms with Crippen LogP contribution >= 0.6 is 0 Å². The Hall–Kier alpha value is -1.87. The highest BCUT2D eigenvalue weighted by atomic mass is 32.2. The highest BCUT2D eigenvalue weighted by Gasteiger charge is 2.37. The number of piperidine rings is 1. The number of sulfonamides is 1. The van der Waals surface area contributed by atoms with Gasteiger partial charge in [0.1, 0.15) is 0 Å². The molecule has 1 atom stereocenters. The zero-order valence-corrected chi connectivity index (χ0v) is 15.5. The molecule has 0 aliphatic carbocycles. The molecule has 2 aliphatic heterocycles. The maximum atomic E-state index is 12.2. The summed E-state index contributed by atoms with van der Waals surface area (Å²) in [7, 11) is 0.873. The van der Waals surface area contributed by atoms with Crippen LogP contribution in [-0.4, -0.2) is 63.5 Å². The number of hydrogen-bond donors (Lipinski definition) is 0. The van der Waals surface area contributed by atoms with E-state index in [1.807, 2.05) is 41.6 Å². The van der Waals surface area contributed by atoms with E-state index in [0.29, 0.717) is 13.1 Å². The van der Waals surface area contributed by atoms with Crippen LogP contribution in [-0.2, 0) is 24.1 Å². The van der Waals surface area contributed by atoms with E-state index in [0.717, 1.165) is 43.3 Å². The van der Waals surface area contributed by atoms with E-state index in [-0.39, 0.29) is 11.8 Å². The molecule has 0 aromatic carbocycles. The van der Waals surface area contributed by atoms with Crippen molar-refractivity contribution in [1.29, 1.82) is 0 Å². The second-order valence-electron chi connectivity index (χ2n) is 6.91. The highest BCUT2D eigenvalue weighted by molar-refractivity contribution is 7.89. The number of nitrogens with zero attached hydrogens (tertiary/aromatic N) is 6. The third kappa shape index (κ3) is 2.85. The van der Waals surface area contributed by atoms with E-state index in [1.54, 1.807) is 4.31 Å². The minimum absolute atomic E-state index is 0.0384. The van der Waals surface area contributed by atoms with Crippen molar-refractivity contribution < 1.29 is 8.42 Å². The summed E-state index contributed by atoms with van der Waals surface area (Å²) in [5.74, 6) is 1.90. The van der Waals surface area contributed by atoms with Gasteiger partial charge in [-0.3, -0.25) is 4.57 Å². The summed E-state index contributed by atoms with van der Waals surface area (Å²) in [4.78, 5) is 2.17. The molecule has 4 rings (SSSR count). The highest BCUT2D eigenvalue weighted by Crippen LogP contribution is 2.27. The van der Waals surface area contributed by atoms with Crippen LogP contribution < -0.4 is 4.90 Å². The van der Waals surface area contributed by atoms with Gasteiger partial charge in [0.2, 0.25) is 16.0 Å². The fourth-order valence-electron chi connectivity index (χ4n) is 3.95. The summed E-state index contributed by atoms with van der Waals surface area (Å²) in [6.45, 7) is 2.20. The lowest BCUT2D eigenvalue weighted by Gasteiger charge is -2.36. The first-order valence-corrected chi connectivity index (χ1v) is 10.3. The summed E-state index contributed by atoms with van der Waals surface area (Å²) in [6.07, 6.45) is 4.60. The summed E-state index contributed by atoms with van der Waals surface area (Å²) in [5, 5.41) is 8.76. The molecule has 0 bridgehead atoms. The van der Waals surface area contributed by atoms with Crippen LogP contribution in [0.2, 0.25) is 0 Å². The molecule has 1 unspecified atom stereocenters. The van der Waals surface area contributed by atoms with Crippen LogP contribution in [0.3, 0.4) is 0 Å². The largest absolute Gasteiger partial charge is 0.348 e. The Morgan fingerprint density at radius 2 is 2.00 bits per heavy atom. The molecule has 2 saturated heterocycles. The summed E-state index contributed by atoms with van der Waals surface area (Å²) < 4.78 is 30.2. The van der Waals surface area contributed by atoms with Crippen molar-refractivity contribution in [1.82, 2.24) is 23.6 Å². The van der Waals surface area contributed by atoms with Crippen molar-refractivity contribution in [3.8, 4) is 11.5 Å². The fraction of sp³-hybridized carbons (Fsp3) is 0.625. The lowest BCUT2D eigenvalue weighted by molar-refractivity contribution is 0.297. The first-order valence-electron chi connectivity index (χ1n) is 8.73. The SMILES string of the molecule is Cn1cccc1-c1nnc(N2CCCC(N3CCCS3(=O)=O)C2)n1C. The molecule has 0 spiro atoms. The Balaban J connectivity index is 1.58. The minimum Gasteiger partial charge on any atom is -0.348 e. The van der Waals surface area contributed by atoms with Crippen molar-refractivity contribution in [2.75, 3.05) is 30.3 Å². The van der Waals surface area contributed by atoms with Gasteiger partial charge < -0.3 is 9.47 Å². The van der Waals surface area contributed by atoms with Crippen molar-refractivity contribution in [2.24, 2.45) is 14.1 Å². The Labute approximate surface area is 148 Å². The molecular formula is C16H24N6O2S. The molecule has 0 N–H and O–H groups in total. The van der Waals surface area contributed by atoms with Crippen molar-refractivity contribution in [2.45, 2.75) is 25.3 Å².